The van der Waals surface area contributed by atoms with Crippen LogP contribution in [0.3, 0.4) is 0 Å². The van der Waals surface area contributed by atoms with Gasteiger partial charge >= 0.3 is 0 Å². The number of anilines is 2. The minimum absolute atomic E-state index is 0.259. The molecular weight excluding hydrogens is 531 g/mol. The van der Waals surface area contributed by atoms with E-state index in [-0.39, 0.29) is 5.82 Å². The van der Waals surface area contributed by atoms with Gasteiger partial charge in [0.25, 0.3) is 0 Å². The molecule has 0 unspecified atom stereocenters. The first-order valence-electron chi connectivity index (χ1n) is 14.6. The second-order valence-electron chi connectivity index (χ2n) is 10.7. The summed E-state index contributed by atoms with van der Waals surface area (Å²) in [6, 6.07) is 14.5. The molecule has 5 heteroatoms. The molecule has 0 radical (unpaired) electrons. The maximum absolute atomic E-state index is 13.4. The molecule has 43 heavy (non-hydrogen) atoms. The van der Waals surface area contributed by atoms with E-state index in [0.717, 1.165) is 50.5 Å². The molecule has 1 aliphatic carbocycles. The number of nitrogens with zero attached hydrogens (tertiary/aromatic N) is 1. The molecule has 0 bridgehead atoms. The third-order valence-electron chi connectivity index (χ3n) is 7.78. The van der Waals surface area contributed by atoms with E-state index in [0.29, 0.717) is 23.8 Å². The van der Waals surface area contributed by atoms with Crippen molar-refractivity contribution in [1.29, 1.82) is 0 Å². The second-order valence-corrected chi connectivity index (χ2v) is 10.7. The number of terminal acetylenes is 1. The molecule has 4 N–H and O–H groups in total. The van der Waals surface area contributed by atoms with Gasteiger partial charge in [-0.25, -0.2) is 9.37 Å². The maximum Gasteiger partial charge on any atom is 0.133 e. The van der Waals surface area contributed by atoms with Gasteiger partial charge in [-0.3, -0.25) is 0 Å². The van der Waals surface area contributed by atoms with Gasteiger partial charge in [-0.2, -0.15) is 0 Å². The lowest BCUT2D eigenvalue weighted by atomic mass is 9.87. The monoisotopic (exact) mass is 574 g/mol. The molecule has 0 atom stereocenters. The van der Waals surface area contributed by atoms with Gasteiger partial charge in [0.1, 0.15) is 11.6 Å². The van der Waals surface area contributed by atoms with Crippen LogP contribution in [0.2, 0.25) is 0 Å². The Balaban J connectivity index is 0.00000248. The van der Waals surface area contributed by atoms with E-state index in [1.807, 2.05) is 38.1 Å². The number of aromatic nitrogens is 1. The van der Waals surface area contributed by atoms with E-state index >= 15 is 0 Å². The quantitative estimate of drug-likeness (QED) is 0.121. The highest BCUT2D eigenvalue weighted by atomic mass is 19.1. The fourth-order valence-corrected chi connectivity index (χ4v) is 5.37. The number of benzene rings is 2. The van der Waals surface area contributed by atoms with Crippen molar-refractivity contribution in [2.45, 2.75) is 52.4 Å². The Bertz CT molecular complexity index is 1520. The molecule has 0 amide bonds. The molecule has 4 nitrogen and oxygen atoms in total. The summed E-state index contributed by atoms with van der Waals surface area (Å²) < 4.78 is 13.4. The summed E-state index contributed by atoms with van der Waals surface area (Å²) in [6.07, 6.45) is 22.6. The third-order valence-corrected chi connectivity index (χ3v) is 7.78. The zero-order valence-corrected chi connectivity index (χ0v) is 25.4. The lowest BCUT2D eigenvalue weighted by Crippen LogP contribution is -2.20. The Labute approximate surface area is 257 Å². The molecule has 1 aromatic heterocycles. The first kappa shape index (κ1) is 32.7. The Morgan fingerprint density at radius 3 is 2.42 bits per heavy atom. The summed E-state index contributed by atoms with van der Waals surface area (Å²) in [5, 5.41) is 6.88. The Morgan fingerprint density at radius 2 is 1.77 bits per heavy atom. The van der Waals surface area contributed by atoms with E-state index in [4.69, 9.17) is 5.73 Å². The highest BCUT2D eigenvalue weighted by Gasteiger charge is 2.17. The van der Waals surface area contributed by atoms with Crippen LogP contribution in [0.15, 0.2) is 110 Å². The van der Waals surface area contributed by atoms with Crippen molar-refractivity contribution >= 4 is 17.1 Å². The van der Waals surface area contributed by atoms with E-state index in [1.165, 1.54) is 44.2 Å². The summed E-state index contributed by atoms with van der Waals surface area (Å²) in [5.41, 5.74) is 15.8. The molecule has 1 saturated carbocycles. The molecule has 222 valence electrons. The summed E-state index contributed by atoms with van der Waals surface area (Å²) in [5.74, 6) is 0.964. The zero-order valence-electron chi connectivity index (χ0n) is 25.4. The molecule has 0 aliphatic heterocycles. The van der Waals surface area contributed by atoms with Gasteiger partial charge in [-0.05, 0) is 108 Å². The number of hydrogen-bond acceptors (Lipinski definition) is 4. The number of nitrogens with one attached hydrogen (secondary N) is 2. The fraction of sp³-hybridized carbons (Fsp3) is 0.237. The van der Waals surface area contributed by atoms with Crippen molar-refractivity contribution in [3.05, 3.63) is 132 Å². The van der Waals surface area contributed by atoms with E-state index in [1.54, 1.807) is 18.3 Å². The standard InChI is InChI=1S/C36H41FN4.C2H2/c1-6-27(23-33(7-2)41-26(5)28-11-9-8-10-12-28)30-15-18-35(38)31(22-30)21-24(3)40-36-25(4)34(19-20-39-36)29-13-16-32(37)17-14-29;1-2/h6-7,13-20,22-23,28,41H,2-3,5,8-12,21,38H2,1,4H3,(H,39,40);1-2H/b27-6+,33-23+;. The predicted octanol–water partition coefficient (Wildman–Crippen LogP) is 9.35. The second kappa shape index (κ2) is 16.0. The number of allylic oxidation sites excluding steroid dienone is 6. The predicted molar refractivity (Wildman–Crippen MR) is 182 cm³/mol. The smallest absolute Gasteiger partial charge is 0.133 e. The van der Waals surface area contributed by atoms with Crippen molar-refractivity contribution in [1.82, 2.24) is 10.3 Å². The summed E-state index contributed by atoms with van der Waals surface area (Å²) >= 11 is 0. The van der Waals surface area contributed by atoms with Crippen LogP contribution in [0.25, 0.3) is 16.7 Å². The SMILES string of the molecule is C#C.C=C/C(=C\C(=C/C)c1ccc(N)c(CC(=C)Nc2nccc(-c3ccc(F)cc3)c2C)c1)NC(=C)C1CCCCC1. The lowest BCUT2D eigenvalue weighted by Gasteiger charge is -2.25. The average molecular weight is 575 g/mol. The number of nitrogen functional groups attached to an aromatic ring is 1. The molecule has 0 saturated heterocycles. The van der Waals surface area contributed by atoms with Gasteiger partial charge in [0, 0.05) is 35.4 Å². The largest absolute Gasteiger partial charge is 0.398 e. The van der Waals surface area contributed by atoms with Gasteiger partial charge in [0.2, 0.25) is 0 Å². The van der Waals surface area contributed by atoms with Gasteiger partial charge in [0.15, 0.2) is 0 Å². The van der Waals surface area contributed by atoms with Crippen LogP contribution in [0.1, 0.15) is 55.7 Å². The van der Waals surface area contributed by atoms with Crippen LogP contribution < -0.4 is 16.4 Å². The molecule has 4 rings (SSSR count). The van der Waals surface area contributed by atoms with Crippen molar-refractivity contribution in [2.75, 3.05) is 11.1 Å². The number of halogens is 1. The number of hydrogen-bond donors (Lipinski definition) is 3. The molecule has 2 aromatic carbocycles. The van der Waals surface area contributed by atoms with Gasteiger partial charge in [0.05, 0.1) is 0 Å². The minimum Gasteiger partial charge on any atom is -0.398 e. The third kappa shape index (κ3) is 8.83. The van der Waals surface area contributed by atoms with Crippen LogP contribution >= 0.6 is 0 Å². The van der Waals surface area contributed by atoms with Crippen molar-refractivity contribution < 1.29 is 4.39 Å². The van der Waals surface area contributed by atoms with Crippen molar-refractivity contribution in [2.24, 2.45) is 5.92 Å². The zero-order chi connectivity index (χ0) is 31.4. The maximum atomic E-state index is 13.4. The number of nitrogens with two attached hydrogens (primary N) is 1. The van der Waals surface area contributed by atoms with E-state index < -0.39 is 0 Å². The topological polar surface area (TPSA) is 63.0 Å². The molecular formula is C38H43FN4. The molecule has 1 fully saturated rings. The molecule has 1 aliphatic rings. The molecule has 3 aromatic rings. The summed E-state index contributed by atoms with van der Waals surface area (Å²) in [7, 11) is 0. The molecule has 0 spiro atoms. The average Bonchev–Trinajstić information content (AvgIpc) is 3.03. The highest BCUT2D eigenvalue weighted by molar-refractivity contribution is 5.77. The Morgan fingerprint density at radius 1 is 1.07 bits per heavy atom. The number of pyridine rings is 1. The van der Waals surface area contributed by atoms with Gasteiger partial charge < -0.3 is 16.4 Å². The summed E-state index contributed by atoms with van der Waals surface area (Å²) in [4.78, 5) is 4.53. The lowest BCUT2D eigenvalue weighted by molar-refractivity contribution is 0.393. The van der Waals surface area contributed by atoms with Crippen LogP contribution in [-0.4, -0.2) is 4.98 Å². The van der Waals surface area contributed by atoms with Gasteiger partial charge in [-0.15, -0.1) is 12.8 Å². The van der Waals surface area contributed by atoms with E-state index in [9.17, 15) is 4.39 Å². The Kier molecular flexibility index (Phi) is 12.2. The number of rotatable bonds is 11. The summed E-state index contributed by atoms with van der Waals surface area (Å²) in [6.45, 7) is 16.6. The molecule has 1 heterocycles. The van der Waals surface area contributed by atoms with Crippen molar-refractivity contribution in [3.8, 4) is 24.0 Å². The van der Waals surface area contributed by atoms with Crippen LogP contribution in [0.5, 0.6) is 0 Å². The van der Waals surface area contributed by atoms with Crippen LogP contribution in [0.4, 0.5) is 15.9 Å². The first-order chi connectivity index (χ1) is 20.8. The van der Waals surface area contributed by atoms with Crippen molar-refractivity contribution in [3.63, 3.8) is 0 Å². The normalized spacial score (nSPS) is 13.8. The highest BCUT2D eigenvalue weighted by Crippen LogP contribution is 2.30. The fourth-order valence-electron chi connectivity index (χ4n) is 5.37. The van der Waals surface area contributed by atoms with Gasteiger partial charge in [-0.1, -0.05) is 63.3 Å². The Hall–Kier alpha value is -4.82. The van der Waals surface area contributed by atoms with E-state index in [2.05, 4.69) is 66.4 Å². The minimum atomic E-state index is -0.259. The van der Waals surface area contributed by atoms with Crippen LogP contribution in [0, 0.1) is 31.5 Å². The van der Waals surface area contributed by atoms with Crippen LogP contribution in [-0.2, 0) is 6.42 Å². The first-order valence-corrected chi connectivity index (χ1v) is 14.6.